The van der Waals surface area contributed by atoms with Gasteiger partial charge in [0, 0.05) is 38.1 Å². The molecule has 2 amide bonds. The third kappa shape index (κ3) is 7.86. The molecule has 8 nitrogen and oxygen atoms in total. The smallest absolute Gasteiger partial charge is 0.272 e. The molecule has 1 aromatic carbocycles. The van der Waals surface area contributed by atoms with E-state index in [9.17, 15) is 23.6 Å². The van der Waals surface area contributed by atoms with Crippen molar-refractivity contribution in [3.63, 3.8) is 0 Å². The number of likely N-dealkylation sites (tertiary alicyclic amines) is 1. The maximum Gasteiger partial charge on any atom is 0.272 e. The summed E-state index contributed by atoms with van der Waals surface area (Å²) in [5.74, 6) is -0.402. The van der Waals surface area contributed by atoms with E-state index in [-0.39, 0.29) is 44.0 Å². The van der Waals surface area contributed by atoms with Crippen LogP contribution in [0, 0.1) is 28.1 Å². The van der Waals surface area contributed by atoms with Crippen LogP contribution >= 0.6 is 11.3 Å². The Hall–Kier alpha value is -3.62. The topological polar surface area (TPSA) is 103 Å². The van der Waals surface area contributed by atoms with E-state index in [1.165, 1.54) is 12.1 Å². The zero-order chi connectivity index (χ0) is 31.7. The van der Waals surface area contributed by atoms with Crippen molar-refractivity contribution < 1.29 is 18.4 Å². The molecular formula is C32H40F2N6O2S. The van der Waals surface area contributed by atoms with Crippen molar-refractivity contribution in [2.75, 3.05) is 18.4 Å². The van der Waals surface area contributed by atoms with Crippen molar-refractivity contribution in [2.45, 2.75) is 74.0 Å². The quantitative estimate of drug-likeness (QED) is 0.206. The van der Waals surface area contributed by atoms with Crippen molar-refractivity contribution in [1.82, 2.24) is 19.8 Å². The van der Waals surface area contributed by atoms with Gasteiger partial charge >= 0.3 is 0 Å². The molecule has 4 rings (SSSR count). The number of carbonyl (C=O) groups excluding carboxylic acids is 2. The van der Waals surface area contributed by atoms with Crippen LogP contribution in [0.1, 0.15) is 75.0 Å². The summed E-state index contributed by atoms with van der Waals surface area (Å²) in [7, 11) is 0. The molecule has 0 saturated carbocycles. The summed E-state index contributed by atoms with van der Waals surface area (Å²) in [6.45, 7) is 16.6. The Labute approximate surface area is 255 Å². The Morgan fingerprint density at radius 1 is 1.16 bits per heavy atom. The van der Waals surface area contributed by atoms with Gasteiger partial charge in [0.1, 0.15) is 11.6 Å². The van der Waals surface area contributed by atoms with Gasteiger partial charge in [-0.25, -0.2) is 13.8 Å². The molecule has 230 valence electrons. The molecule has 1 saturated heterocycles. The van der Waals surface area contributed by atoms with Crippen LogP contribution in [0.3, 0.4) is 0 Å². The molecule has 1 atom stereocenters. The zero-order valence-electron chi connectivity index (χ0n) is 25.8. The van der Waals surface area contributed by atoms with Crippen LogP contribution in [0.15, 0.2) is 42.0 Å². The molecule has 0 radical (unpaired) electrons. The summed E-state index contributed by atoms with van der Waals surface area (Å²) in [6, 6.07) is 10.9. The number of thiophene rings is 1. The summed E-state index contributed by atoms with van der Waals surface area (Å²) in [5, 5.41) is 15.9. The fourth-order valence-electron chi connectivity index (χ4n) is 4.75. The highest BCUT2D eigenvalue weighted by Crippen LogP contribution is 2.30. The largest absolute Gasteiger partial charge is 0.337 e. The van der Waals surface area contributed by atoms with Gasteiger partial charge in [-0.1, -0.05) is 53.7 Å². The lowest BCUT2D eigenvalue weighted by molar-refractivity contribution is -0.133. The molecule has 0 aliphatic carbocycles. The molecule has 11 heteroatoms. The number of imidazole rings is 1. The number of anilines is 1. The standard InChI is InChI=1S/C32H40F2N6O2S/c1-19(32(5,6)7)36-15-20-8-9-24-23(12-20)37-30(38-28(41)26-11-10-25(43-26)27(33)34)40(24)18-21-16-39(17-21)29(42)22(14-35)13-31(2,3)4/h8-13,19,21,27,36H,15-18H2,1-7H3,(H,37,38,41)/b22-13-/t19-/m0/s1. The molecule has 3 aromatic rings. The SMILES string of the molecule is C[C@H](NCc1ccc2c(c1)nc(NC(=O)c1ccc(C(F)F)s1)n2CC1CN(C(=O)/C(C#N)=C\C(C)(C)C)C1)C(C)(C)C. The Bertz CT molecular complexity index is 1560. The van der Waals surface area contributed by atoms with E-state index in [1.807, 2.05) is 49.6 Å². The van der Waals surface area contributed by atoms with Gasteiger partial charge in [0.25, 0.3) is 18.2 Å². The number of rotatable bonds is 9. The summed E-state index contributed by atoms with van der Waals surface area (Å²) in [4.78, 5) is 32.4. The predicted molar refractivity (Wildman–Crippen MR) is 166 cm³/mol. The number of allylic oxidation sites excluding steroid dienone is 1. The maximum absolute atomic E-state index is 13.1. The van der Waals surface area contributed by atoms with Crippen LogP contribution in [-0.4, -0.2) is 45.4 Å². The lowest BCUT2D eigenvalue weighted by Crippen LogP contribution is -2.51. The van der Waals surface area contributed by atoms with Crippen LogP contribution in [0.5, 0.6) is 0 Å². The van der Waals surface area contributed by atoms with Gasteiger partial charge in [-0.2, -0.15) is 5.26 Å². The predicted octanol–water partition coefficient (Wildman–Crippen LogP) is 6.77. The molecule has 1 fully saturated rings. The average Bonchev–Trinajstić information content (AvgIpc) is 3.51. The van der Waals surface area contributed by atoms with E-state index in [2.05, 4.69) is 38.3 Å². The number of halogens is 2. The second kappa shape index (κ2) is 12.5. The third-order valence-electron chi connectivity index (χ3n) is 7.63. The number of fused-ring (bicyclic) bond motifs is 1. The molecule has 43 heavy (non-hydrogen) atoms. The minimum Gasteiger partial charge on any atom is -0.337 e. The monoisotopic (exact) mass is 610 g/mol. The number of nitriles is 1. The summed E-state index contributed by atoms with van der Waals surface area (Å²) in [5.41, 5.74) is 2.49. The number of amides is 2. The number of nitrogens with zero attached hydrogens (tertiary/aromatic N) is 4. The second-order valence-corrected chi connectivity index (χ2v) is 14.5. The lowest BCUT2D eigenvalue weighted by Gasteiger charge is -2.39. The van der Waals surface area contributed by atoms with Crippen molar-refractivity contribution in [2.24, 2.45) is 16.7 Å². The Kier molecular flexibility index (Phi) is 9.42. The van der Waals surface area contributed by atoms with Crippen LogP contribution in [0.2, 0.25) is 0 Å². The fraction of sp³-hybridized carbons (Fsp3) is 0.500. The van der Waals surface area contributed by atoms with Gasteiger partial charge < -0.3 is 14.8 Å². The summed E-state index contributed by atoms with van der Waals surface area (Å²) in [6.07, 6.45) is -0.952. The lowest BCUT2D eigenvalue weighted by atomic mass is 9.88. The molecule has 1 aliphatic heterocycles. The van der Waals surface area contributed by atoms with Crippen LogP contribution in [0.4, 0.5) is 14.7 Å². The third-order valence-corrected chi connectivity index (χ3v) is 8.72. The van der Waals surface area contributed by atoms with Gasteiger partial charge in [0.15, 0.2) is 0 Å². The highest BCUT2D eigenvalue weighted by molar-refractivity contribution is 7.14. The molecule has 0 spiro atoms. The average molecular weight is 611 g/mol. The first-order chi connectivity index (χ1) is 20.1. The van der Waals surface area contributed by atoms with Gasteiger partial charge in [-0.3, -0.25) is 14.9 Å². The molecule has 3 heterocycles. The van der Waals surface area contributed by atoms with Gasteiger partial charge in [-0.05, 0) is 47.6 Å². The van der Waals surface area contributed by atoms with Crippen molar-refractivity contribution in [3.8, 4) is 6.07 Å². The van der Waals surface area contributed by atoms with Crippen LogP contribution < -0.4 is 10.6 Å². The molecular weight excluding hydrogens is 570 g/mol. The number of hydrogen-bond donors (Lipinski definition) is 2. The zero-order valence-corrected chi connectivity index (χ0v) is 26.6. The van der Waals surface area contributed by atoms with E-state index < -0.39 is 12.3 Å². The minimum atomic E-state index is -2.65. The molecule has 2 N–H and O–H groups in total. The molecule has 0 unspecified atom stereocenters. The number of nitrogens with one attached hydrogen (secondary N) is 2. The van der Waals surface area contributed by atoms with Gasteiger partial charge in [0.2, 0.25) is 5.95 Å². The Morgan fingerprint density at radius 2 is 1.86 bits per heavy atom. The minimum absolute atomic E-state index is 0.0766. The summed E-state index contributed by atoms with van der Waals surface area (Å²) < 4.78 is 28.2. The van der Waals surface area contributed by atoms with Crippen molar-refractivity contribution in [3.05, 3.63) is 57.3 Å². The van der Waals surface area contributed by atoms with Crippen molar-refractivity contribution >= 4 is 40.1 Å². The maximum atomic E-state index is 13.1. The Morgan fingerprint density at radius 3 is 2.44 bits per heavy atom. The van der Waals surface area contributed by atoms with E-state index in [4.69, 9.17) is 4.98 Å². The Balaban J connectivity index is 1.56. The fourth-order valence-corrected chi connectivity index (χ4v) is 5.51. The number of carbonyl (C=O) groups is 2. The number of alkyl halides is 2. The van der Waals surface area contributed by atoms with Gasteiger partial charge in [-0.15, -0.1) is 11.3 Å². The van der Waals surface area contributed by atoms with E-state index in [0.717, 1.165) is 22.4 Å². The molecule has 2 aromatic heterocycles. The molecule has 0 bridgehead atoms. The van der Waals surface area contributed by atoms with Crippen LogP contribution in [-0.2, 0) is 17.9 Å². The highest BCUT2D eigenvalue weighted by Gasteiger charge is 2.34. The van der Waals surface area contributed by atoms with Crippen LogP contribution in [0.25, 0.3) is 11.0 Å². The normalized spacial score (nSPS) is 15.5. The molecule has 1 aliphatic rings. The second-order valence-electron chi connectivity index (χ2n) is 13.4. The number of benzene rings is 1. The van der Waals surface area contributed by atoms with Gasteiger partial charge in [0.05, 0.1) is 20.8 Å². The van der Waals surface area contributed by atoms with E-state index >= 15 is 0 Å². The first kappa shape index (κ1) is 32.3. The first-order valence-electron chi connectivity index (χ1n) is 14.4. The first-order valence-corrected chi connectivity index (χ1v) is 15.2. The number of aromatic nitrogens is 2. The van der Waals surface area contributed by atoms with E-state index in [0.29, 0.717) is 37.6 Å². The highest BCUT2D eigenvalue weighted by atomic mass is 32.1. The van der Waals surface area contributed by atoms with Crippen molar-refractivity contribution in [1.29, 1.82) is 5.26 Å². The number of hydrogen-bond acceptors (Lipinski definition) is 6. The van der Waals surface area contributed by atoms with E-state index in [1.54, 1.807) is 11.0 Å². The summed E-state index contributed by atoms with van der Waals surface area (Å²) >= 11 is 0.753.